The lowest BCUT2D eigenvalue weighted by Crippen LogP contribution is -2.44. The lowest BCUT2D eigenvalue weighted by molar-refractivity contribution is -0.139. The fraction of sp³-hybridized carbons (Fsp3) is 0.387. The molecule has 1 fully saturated rings. The number of rotatable bonds is 11. The van der Waals surface area contributed by atoms with Gasteiger partial charge in [-0.1, -0.05) is 55.5 Å². The van der Waals surface area contributed by atoms with Crippen LogP contribution < -0.4 is 9.80 Å². The van der Waals surface area contributed by atoms with Crippen molar-refractivity contribution in [2.75, 3.05) is 36.0 Å². The highest BCUT2D eigenvalue weighted by molar-refractivity contribution is 6.08. The number of hydrogen-bond donors (Lipinski definition) is 2. The Kier molecular flexibility index (Phi) is 8.99. The predicted octanol–water partition coefficient (Wildman–Crippen LogP) is 3.53. The van der Waals surface area contributed by atoms with Crippen molar-refractivity contribution in [3.05, 3.63) is 84.5 Å². The second kappa shape index (κ2) is 12.4. The summed E-state index contributed by atoms with van der Waals surface area (Å²) in [6.45, 7) is 6.78. The minimum absolute atomic E-state index is 0.0337. The van der Waals surface area contributed by atoms with Crippen molar-refractivity contribution in [2.45, 2.75) is 44.8 Å². The SMILES string of the molecule is C=CCN1C(=O)[C@](O)([C@H](C)/C=C/CC(=O)N(CCO)Cc2ccccc2)c2cc(N3CCCCC3=O)ccc21. The molecule has 0 aromatic heterocycles. The molecule has 2 N–H and O–H groups in total. The smallest absolute Gasteiger partial charge is 0.264 e. The van der Waals surface area contributed by atoms with Crippen molar-refractivity contribution in [1.29, 1.82) is 0 Å². The minimum atomic E-state index is -1.86. The van der Waals surface area contributed by atoms with Crippen LogP contribution in [-0.4, -0.2) is 59.1 Å². The van der Waals surface area contributed by atoms with Crippen LogP contribution in [0.1, 0.15) is 43.7 Å². The number of carbonyl (C=O) groups is 3. The molecule has 0 bridgehead atoms. The van der Waals surface area contributed by atoms with Gasteiger partial charge in [0.25, 0.3) is 5.91 Å². The van der Waals surface area contributed by atoms with Crippen molar-refractivity contribution in [3.8, 4) is 0 Å². The monoisotopic (exact) mass is 531 g/mol. The van der Waals surface area contributed by atoms with Crippen LogP contribution in [0.15, 0.2) is 73.3 Å². The summed E-state index contributed by atoms with van der Waals surface area (Å²) >= 11 is 0. The summed E-state index contributed by atoms with van der Waals surface area (Å²) in [6, 6.07) is 14.9. The molecule has 2 aromatic carbocycles. The van der Waals surface area contributed by atoms with E-state index in [2.05, 4.69) is 6.58 Å². The molecule has 2 heterocycles. The van der Waals surface area contributed by atoms with Crippen LogP contribution in [-0.2, 0) is 26.5 Å². The van der Waals surface area contributed by atoms with Crippen LogP contribution in [0, 0.1) is 5.92 Å². The Balaban J connectivity index is 1.56. The van der Waals surface area contributed by atoms with Crippen LogP contribution in [0.4, 0.5) is 11.4 Å². The maximum atomic E-state index is 13.6. The first-order chi connectivity index (χ1) is 18.8. The third-order valence-electron chi connectivity index (χ3n) is 7.51. The molecule has 0 unspecified atom stereocenters. The van der Waals surface area contributed by atoms with Crippen molar-refractivity contribution in [1.82, 2.24) is 4.90 Å². The Hall–Kier alpha value is -3.75. The number of carbonyl (C=O) groups excluding carboxylic acids is 3. The number of aliphatic hydroxyl groups excluding tert-OH is 1. The van der Waals surface area contributed by atoms with Crippen LogP contribution in [0.5, 0.6) is 0 Å². The van der Waals surface area contributed by atoms with E-state index in [1.165, 1.54) is 4.90 Å². The molecule has 8 nitrogen and oxygen atoms in total. The molecular weight excluding hydrogens is 494 g/mol. The summed E-state index contributed by atoms with van der Waals surface area (Å²) in [5.74, 6) is -1.25. The second-order valence-electron chi connectivity index (χ2n) is 10.1. The average molecular weight is 532 g/mol. The zero-order valence-corrected chi connectivity index (χ0v) is 22.5. The molecule has 2 atom stereocenters. The van der Waals surface area contributed by atoms with Crippen molar-refractivity contribution < 1.29 is 24.6 Å². The molecule has 4 rings (SSSR count). The summed E-state index contributed by atoms with van der Waals surface area (Å²) in [5, 5.41) is 21.4. The van der Waals surface area contributed by atoms with E-state index in [1.807, 2.05) is 36.4 Å². The molecule has 0 radical (unpaired) electrons. The molecule has 0 aliphatic carbocycles. The normalized spacial score (nSPS) is 19.9. The maximum absolute atomic E-state index is 13.6. The average Bonchev–Trinajstić information content (AvgIpc) is 3.16. The molecule has 3 amide bonds. The quantitative estimate of drug-likeness (QED) is 0.432. The van der Waals surface area contributed by atoms with Gasteiger partial charge in [0.05, 0.1) is 12.3 Å². The van der Waals surface area contributed by atoms with Gasteiger partial charge < -0.3 is 24.9 Å². The summed E-state index contributed by atoms with van der Waals surface area (Å²) in [4.78, 5) is 43.9. The van der Waals surface area contributed by atoms with E-state index in [0.29, 0.717) is 36.4 Å². The van der Waals surface area contributed by atoms with Crippen LogP contribution in [0.2, 0.25) is 0 Å². The molecule has 2 aromatic rings. The molecule has 1 saturated heterocycles. The fourth-order valence-corrected chi connectivity index (χ4v) is 5.35. The topological polar surface area (TPSA) is 101 Å². The Morgan fingerprint density at radius 3 is 2.64 bits per heavy atom. The van der Waals surface area contributed by atoms with Gasteiger partial charge in [0.15, 0.2) is 5.60 Å². The predicted molar refractivity (Wildman–Crippen MR) is 151 cm³/mol. The summed E-state index contributed by atoms with van der Waals surface area (Å²) in [7, 11) is 0. The van der Waals surface area contributed by atoms with E-state index in [4.69, 9.17) is 0 Å². The Morgan fingerprint density at radius 1 is 1.18 bits per heavy atom. The summed E-state index contributed by atoms with van der Waals surface area (Å²) < 4.78 is 0. The van der Waals surface area contributed by atoms with Crippen LogP contribution in [0.25, 0.3) is 0 Å². The highest BCUT2D eigenvalue weighted by atomic mass is 16.3. The van der Waals surface area contributed by atoms with E-state index in [-0.39, 0.29) is 37.9 Å². The number of amides is 3. The number of fused-ring (bicyclic) bond motifs is 1. The Bertz CT molecular complexity index is 1240. The molecule has 206 valence electrons. The molecule has 2 aliphatic heterocycles. The third kappa shape index (κ3) is 5.82. The van der Waals surface area contributed by atoms with Gasteiger partial charge >= 0.3 is 0 Å². The molecule has 8 heteroatoms. The molecule has 0 saturated carbocycles. The van der Waals surface area contributed by atoms with Crippen LogP contribution in [0.3, 0.4) is 0 Å². The number of nitrogens with zero attached hydrogens (tertiary/aromatic N) is 3. The van der Waals surface area contributed by atoms with Gasteiger partial charge in [0, 0.05) is 56.2 Å². The van der Waals surface area contributed by atoms with Gasteiger partial charge in [-0.2, -0.15) is 0 Å². The van der Waals surface area contributed by atoms with Crippen molar-refractivity contribution in [3.63, 3.8) is 0 Å². The highest BCUT2D eigenvalue weighted by Crippen LogP contribution is 2.46. The van der Waals surface area contributed by atoms with Crippen LogP contribution >= 0.6 is 0 Å². The van der Waals surface area contributed by atoms with Gasteiger partial charge in [-0.05, 0) is 36.6 Å². The number of anilines is 2. The van der Waals surface area contributed by atoms with Gasteiger partial charge in [-0.25, -0.2) is 0 Å². The number of hydrogen-bond acceptors (Lipinski definition) is 5. The molecule has 39 heavy (non-hydrogen) atoms. The Labute approximate surface area is 229 Å². The number of piperidine rings is 1. The standard InChI is InChI=1S/C31H37N3O5/c1-3-17-34-27-16-15-25(33-18-8-7-13-29(33)37)21-26(27)31(39,30(34)38)23(2)10-9-14-28(36)32(19-20-35)22-24-11-5-4-6-12-24/h3-6,9-12,15-16,21,23,35,39H,1,7-8,13-14,17-20,22H2,2H3/b10-9+/t23-,31+/m1/s1. The van der Waals surface area contributed by atoms with Gasteiger partial charge in [0.2, 0.25) is 11.8 Å². The lowest BCUT2D eigenvalue weighted by atomic mass is 9.82. The zero-order chi connectivity index (χ0) is 28.0. The number of benzene rings is 2. The van der Waals surface area contributed by atoms with E-state index in [9.17, 15) is 24.6 Å². The minimum Gasteiger partial charge on any atom is -0.395 e. The lowest BCUT2D eigenvalue weighted by Gasteiger charge is -2.30. The van der Waals surface area contributed by atoms with Gasteiger partial charge in [0.1, 0.15) is 0 Å². The van der Waals surface area contributed by atoms with E-state index in [0.717, 1.165) is 18.4 Å². The Morgan fingerprint density at radius 2 is 1.95 bits per heavy atom. The largest absolute Gasteiger partial charge is 0.395 e. The maximum Gasteiger partial charge on any atom is 0.264 e. The van der Waals surface area contributed by atoms with Gasteiger partial charge in [-0.15, -0.1) is 6.58 Å². The summed E-state index contributed by atoms with van der Waals surface area (Å²) in [5.41, 5.74) is 0.798. The van der Waals surface area contributed by atoms with Crippen molar-refractivity contribution >= 4 is 29.1 Å². The van der Waals surface area contributed by atoms with E-state index in [1.54, 1.807) is 47.1 Å². The molecule has 2 aliphatic rings. The zero-order valence-electron chi connectivity index (χ0n) is 22.5. The van der Waals surface area contributed by atoms with E-state index < -0.39 is 17.4 Å². The number of aliphatic hydroxyl groups is 2. The first kappa shape index (κ1) is 28.3. The summed E-state index contributed by atoms with van der Waals surface area (Å²) in [6.07, 6.45) is 7.27. The second-order valence-corrected chi connectivity index (χ2v) is 10.1. The van der Waals surface area contributed by atoms with Crippen molar-refractivity contribution in [2.24, 2.45) is 5.92 Å². The van der Waals surface area contributed by atoms with Gasteiger partial charge in [-0.3, -0.25) is 14.4 Å². The van der Waals surface area contributed by atoms with E-state index >= 15 is 0 Å². The third-order valence-corrected chi connectivity index (χ3v) is 7.51. The molecule has 0 spiro atoms. The molecular formula is C31H37N3O5. The first-order valence-electron chi connectivity index (χ1n) is 13.5. The fourth-order valence-electron chi connectivity index (χ4n) is 5.35. The first-order valence-corrected chi connectivity index (χ1v) is 13.5. The highest BCUT2D eigenvalue weighted by Gasteiger charge is 2.52.